The van der Waals surface area contributed by atoms with Crippen molar-refractivity contribution in [1.29, 1.82) is 0 Å². The van der Waals surface area contributed by atoms with Crippen LogP contribution in [0, 0.1) is 6.92 Å². The molecule has 21 heavy (non-hydrogen) atoms. The molecule has 0 amide bonds. The first kappa shape index (κ1) is 17.6. The molecule has 1 aromatic rings. The van der Waals surface area contributed by atoms with Crippen molar-refractivity contribution in [1.82, 2.24) is 4.72 Å². The van der Waals surface area contributed by atoms with Gasteiger partial charge >= 0.3 is 5.97 Å². The van der Waals surface area contributed by atoms with Crippen molar-refractivity contribution in [3.05, 3.63) is 29.3 Å². The summed E-state index contributed by atoms with van der Waals surface area (Å²) >= 11 is 0. The molecule has 2 N–H and O–H groups in total. The highest BCUT2D eigenvalue weighted by atomic mass is 32.2. The van der Waals surface area contributed by atoms with Gasteiger partial charge in [-0.2, -0.15) is 0 Å². The number of hydrogen-bond donors (Lipinski definition) is 2. The van der Waals surface area contributed by atoms with Gasteiger partial charge in [0, 0.05) is 13.2 Å². The molecule has 0 fully saturated rings. The Labute approximate surface area is 125 Å². The Bertz CT molecular complexity index is 622. The van der Waals surface area contributed by atoms with Gasteiger partial charge in [0.2, 0.25) is 10.0 Å². The molecule has 7 heteroatoms. The lowest BCUT2D eigenvalue weighted by molar-refractivity contribution is -0.00515. The third-order valence-electron chi connectivity index (χ3n) is 2.97. The van der Waals surface area contributed by atoms with Gasteiger partial charge in [-0.05, 0) is 45.4 Å². The van der Waals surface area contributed by atoms with Crippen LogP contribution in [-0.4, -0.2) is 38.2 Å². The maximum Gasteiger partial charge on any atom is 0.335 e. The summed E-state index contributed by atoms with van der Waals surface area (Å²) in [6, 6.07) is 4.02. The van der Waals surface area contributed by atoms with Gasteiger partial charge in [0.1, 0.15) is 0 Å². The van der Waals surface area contributed by atoms with E-state index in [1.165, 1.54) is 12.1 Å². The molecule has 0 aliphatic carbocycles. The van der Waals surface area contributed by atoms with E-state index >= 15 is 0 Å². The van der Waals surface area contributed by atoms with Crippen LogP contribution in [0.15, 0.2) is 23.1 Å². The number of aryl methyl sites for hydroxylation is 1. The Balaban J connectivity index is 2.99. The standard InChI is InChI=1S/C14H21NO5S/c1-5-20-14(3,4)9-15-21(18,19)11-7-6-10(2)12(8-11)13(16)17/h6-8,15H,5,9H2,1-4H3,(H,16,17). The van der Waals surface area contributed by atoms with Crippen molar-refractivity contribution in [2.45, 2.75) is 38.2 Å². The number of carbonyl (C=O) groups is 1. The van der Waals surface area contributed by atoms with Gasteiger partial charge < -0.3 is 9.84 Å². The number of rotatable bonds is 7. The molecule has 0 aromatic heterocycles. The minimum absolute atomic E-state index is 0.0260. The van der Waals surface area contributed by atoms with Gasteiger partial charge in [-0.1, -0.05) is 6.07 Å². The number of carboxylic acid groups (broad SMARTS) is 1. The van der Waals surface area contributed by atoms with Crippen molar-refractivity contribution >= 4 is 16.0 Å². The maximum atomic E-state index is 12.2. The highest BCUT2D eigenvalue weighted by molar-refractivity contribution is 7.89. The Kier molecular flexibility index (Phi) is 5.49. The number of hydrogen-bond acceptors (Lipinski definition) is 4. The number of nitrogens with one attached hydrogen (secondary N) is 1. The van der Waals surface area contributed by atoms with Crippen molar-refractivity contribution in [3.8, 4) is 0 Å². The topological polar surface area (TPSA) is 92.7 Å². The van der Waals surface area contributed by atoms with Gasteiger partial charge in [-0.15, -0.1) is 0 Å². The van der Waals surface area contributed by atoms with E-state index in [4.69, 9.17) is 9.84 Å². The molecule has 0 radical (unpaired) electrons. The van der Waals surface area contributed by atoms with Crippen LogP contribution in [0.25, 0.3) is 0 Å². The molecular formula is C14H21NO5S. The molecule has 0 aliphatic rings. The highest BCUT2D eigenvalue weighted by Gasteiger charge is 2.23. The average Bonchev–Trinajstić information content (AvgIpc) is 2.36. The normalized spacial score (nSPS) is 12.4. The summed E-state index contributed by atoms with van der Waals surface area (Å²) in [7, 11) is -3.78. The fourth-order valence-electron chi connectivity index (χ4n) is 1.79. The van der Waals surface area contributed by atoms with Gasteiger partial charge in [0.25, 0.3) is 0 Å². The Morgan fingerprint density at radius 3 is 2.52 bits per heavy atom. The lowest BCUT2D eigenvalue weighted by atomic mass is 10.1. The Hall–Kier alpha value is -1.44. The first-order chi connectivity index (χ1) is 9.59. The molecule has 0 bridgehead atoms. The SMILES string of the molecule is CCOC(C)(C)CNS(=O)(=O)c1ccc(C)c(C(=O)O)c1. The van der Waals surface area contributed by atoms with Gasteiger partial charge in [-0.25, -0.2) is 17.9 Å². The van der Waals surface area contributed by atoms with Crippen LogP contribution in [0.1, 0.15) is 36.7 Å². The highest BCUT2D eigenvalue weighted by Crippen LogP contribution is 2.16. The lowest BCUT2D eigenvalue weighted by Gasteiger charge is -2.24. The van der Waals surface area contributed by atoms with Crippen LogP contribution in [0.4, 0.5) is 0 Å². The number of aromatic carboxylic acids is 1. The first-order valence-electron chi connectivity index (χ1n) is 6.56. The molecule has 1 rings (SSSR count). The number of benzene rings is 1. The fourth-order valence-corrected chi connectivity index (χ4v) is 3.02. The van der Waals surface area contributed by atoms with Crippen LogP contribution >= 0.6 is 0 Å². The Morgan fingerprint density at radius 1 is 1.38 bits per heavy atom. The summed E-state index contributed by atoms with van der Waals surface area (Å²) in [4.78, 5) is 11.0. The fraction of sp³-hybridized carbons (Fsp3) is 0.500. The quantitative estimate of drug-likeness (QED) is 0.800. The summed E-state index contributed by atoms with van der Waals surface area (Å²) in [5.74, 6) is -1.15. The molecule has 118 valence electrons. The van der Waals surface area contributed by atoms with Gasteiger partial charge in [0.05, 0.1) is 16.1 Å². The average molecular weight is 315 g/mol. The predicted octanol–water partition coefficient (Wildman–Crippen LogP) is 1.79. The largest absolute Gasteiger partial charge is 0.478 e. The third-order valence-corrected chi connectivity index (χ3v) is 4.37. The van der Waals surface area contributed by atoms with E-state index in [0.29, 0.717) is 12.2 Å². The molecule has 0 saturated carbocycles. The molecular weight excluding hydrogens is 294 g/mol. The number of ether oxygens (including phenoxy) is 1. The van der Waals surface area contributed by atoms with Crippen molar-refractivity contribution < 1.29 is 23.1 Å². The maximum absolute atomic E-state index is 12.2. The number of carboxylic acids is 1. The summed E-state index contributed by atoms with van der Waals surface area (Å²) in [6.07, 6.45) is 0. The van der Waals surface area contributed by atoms with Crippen LogP contribution in [0.5, 0.6) is 0 Å². The van der Waals surface area contributed by atoms with E-state index in [1.54, 1.807) is 20.8 Å². The Morgan fingerprint density at radius 2 is 2.00 bits per heavy atom. The second-order valence-corrected chi connectivity index (χ2v) is 7.07. The lowest BCUT2D eigenvalue weighted by Crippen LogP contribution is -2.40. The van der Waals surface area contributed by atoms with E-state index < -0.39 is 21.6 Å². The van der Waals surface area contributed by atoms with Crippen LogP contribution in [0.2, 0.25) is 0 Å². The van der Waals surface area contributed by atoms with E-state index in [1.807, 2.05) is 6.92 Å². The second kappa shape index (κ2) is 6.55. The molecule has 0 atom stereocenters. The van der Waals surface area contributed by atoms with E-state index in [9.17, 15) is 13.2 Å². The van der Waals surface area contributed by atoms with Crippen molar-refractivity contribution in [2.24, 2.45) is 0 Å². The molecule has 0 unspecified atom stereocenters. The third kappa shape index (κ3) is 4.80. The van der Waals surface area contributed by atoms with Crippen molar-refractivity contribution in [3.63, 3.8) is 0 Å². The minimum Gasteiger partial charge on any atom is -0.478 e. The van der Waals surface area contributed by atoms with E-state index in [-0.39, 0.29) is 17.0 Å². The molecule has 6 nitrogen and oxygen atoms in total. The van der Waals surface area contributed by atoms with Crippen molar-refractivity contribution in [2.75, 3.05) is 13.2 Å². The van der Waals surface area contributed by atoms with Crippen LogP contribution in [0.3, 0.4) is 0 Å². The molecule has 0 aliphatic heterocycles. The van der Waals surface area contributed by atoms with Crippen LogP contribution in [-0.2, 0) is 14.8 Å². The summed E-state index contributed by atoms with van der Waals surface area (Å²) in [5.41, 5.74) is -0.152. The zero-order valence-electron chi connectivity index (χ0n) is 12.6. The predicted molar refractivity (Wildman–Crippen MR) is 79.0 cm³/mol. The number of sulfonamides is 1. The molecule has 0 heterocycles. The van der Waals surface area contributed by atoms with E-state index in [0.717, 1.165) is 6.07 Å². The molecule has 0 saturated heterocycles. The smallest absolute Gasteiger partial charge is 0.335 e. The summed E-state index contributed by atoms with van der Waals surface area (Å²) in [6.45, 7) is 7.57. The van der Waals surface area contributed by atoms with Gasteiger partial charge in [-0.3, -0.25) is 0 Å². The van der Waals surface area contributed by atoms with E-state index in [2.05, 4.69) is 4.72 Å². The zero-order valence-corrected chi connectivity index (χ0v) is 13.5. The molecule has 0 spiro atoms. The second-order valence-electron chi connectivity index (χ2n) is 5.30. The van der Waals surface area contributed by atoms with Crippen LogP contribution < -0.4 is 4.72 Å². The summed E-state index contributed by atoms with van der Waals surface area (Å²) < 4.78 is 32.3. The zero-order chi connectivity index (χ0) is 16.3. The monoisotopic (exact) mass is 315 g/mol. The minimum atomic E-state index is -3.78. The van der Waals surface area contributed by atoms with Gasteiger partial charge in [0.15, 0.2) is 0 Å². The summed E-state index contributed by atoms with van der Waals surface area (Å²) in [5, 5.41) is 9.05. The first-order valence-corrected chi connectivity index (χ1v) is 8.05. The molecule has 1 aromatic carbocycles.